The number of hydrogen-bond donors (Lipinski definition) is 1. The van der Waals surface area contributed by atoms with Crippen LogP contribution in [0.2, 0.25) is 0 Å². The van der Waals surface area contributed by atoms with E-state index in [4.69, 9.17) is 4.74 Å². The van der Waals surface area contributed by atoms with Gasteiger partial charge in [-0.2, -0.15) is 0 Å². The largest absolute Gasteiger partial charge is 0.439 e. The van der Waals surface area contributed by atoms with Crippen LogP contribution < -0.4 is 15.0 Å². The van der Waals surface area contributed by atoms with Crippen LogP contribution in [0, 0.1) is 12.8 Å². The molecule has 0 saturated carbocycles. The molecule has 0 unspecified atom stereocenters. The Balaban J connectivity index is 1.30. The average Bonchev–Trinajstić information content (AvgIpc) is 2.84. The highest BCUT2D eigenvalue weighted by Gasteiger charge is 2.25. The fraction of sp³-hybridized carbons (Fsp3) is 0.346. The fourth-order valence-electron chi connectivity index (χ4n) is 3.98. The van der Waals surface area contributed by atoms with Gasteiger partial charge in [-0.1, -0.05) is 43.3 Å². The zero-order chi connectivity index (χ0) is 22.3. The molecule has 1 amide bonds. The Kier molecular flexibility index (Phi) is 7.00. The predicted octanol–water partition coefficient (Wildman–Crippen LogP) is 4.67. The molecule has 6 heteroatoms. The second-order valence-electron chi connectivity index (χ2n) is 8.22. The zero-order valence-corrected chi connectivity index (χ0v) is 18.8. The topological polar surface area (TPSA) is 67.3 Å². The molecular weight excluding hydrogens is 400 g/mol. The van der Waals surface area contributed by atoms with Crippen LogP contribution in [0.5, 0.6) is 11.6 Å². The number of aromatic nitrogens is 2. The third kappa shape index (κ3) is 5.44. The summed E-state index contributed by atoms with van der Waals surface area (Å²) in [6.07, 6.45) is 4.14. The van der Waals surface area contributed by atoms with Crippen molar-refractivity contribution in [1.82, 2.24) is 15.3 Å². The number of piperidine rings is 1. The maximum atomic E-state index is 12.7. The van der Waals surface area contributed by atoms with Crippen LogP contribution in [0.25, 0.3) is 0 Å². The molecule has 1 fully saturated rings. The average molecular weight is 431 g/mol. The normalized spacial score (nSPS) is 14.2. The molecule has 0 aliphatic carbocycles. The third-order valence-corrected chi connectivity index (χ3v) is 6.09. The van der Waals surface area contributed by atoms with Gasteiger partial charge in [0, 0.05) is 31.6 Å². The number of hydrogen-bond acceptors (Lipinski definition) is 5. The molecule has 0 radical (unpaired) electrons. The summed E-state index contributed by atoms with van der Waals surface area (Å²) in [6.45, 7) is 6.34. The number of nitrogens with zero attached hydrogens (tertiary/aromatic N) is 3. The summed E-state index contributed by atoms with van der Waals surface area (Å²) in [6, 6.07) is 18.1. The second-order valence-corrected chi connectivity index (χ2v) is 8.22. The molecule has 1 aromatic heterocycles. The minimum absolute atomic E-state index is 0.0323. The molecule has 1 saturated heterocycles. The van der Waals surface area contributed by atoms with Crippen LogP contribution in [-0.2, 0) is 17.8 Å². The number of amides is 1. The van der Waals surface area contributed by atoms with Gasteiger partial charge in [0.1, 0.15) is 17.9 Å². The monoisotopic (exact) mass is 430 g/mol. The highest BCUT2D eigenvalue weighted by molar-refractivity contribution is 5.79. The Hall–Kier alpha value is -3.41. The maximum absolute atomic E-state index is 12.7. The molecule has 32 heavy (non-hydrogen) atoms. The summed E-state index contributed by atoms with van der Waals surface area (Å²) in [7, 11) is 0. The number of anilines is 1. The van der Waals surface area contributed by atoms with Crippen LogP contribution >= 0.6 is 0 Å². The lowest BCUT2D eigenvalue weighted by Crippen LogP contribution is -2.40. The van der Waals surface area contributed by atoms with Crippen molar-refractivity contribution < 1.29 is 9.53 Å². The van der Waals surface area contributed by atoms with Gasteiger partial charge in [0.2, 0.25) is 11.8 Å². The first-order chi connectivity index (χ1) is 15.6. The second kappa shape index (κ2) is 10.3. The number of rotatable bonds is 7. The highest BCUT2D eigenvalue weighted by atomic mass is 16.5. The predicted molar refractivity (Wildman–Crippen MR) is 126 cm³/mol. The van der Waals surface area contributed by atoms with Crippen LogP contribution in [-0.4, -0.2) is 29.0 Å². The molecule has 1 aliphatic rings. The van der Waals surface area contributed by atoms with Gasteiger partial charge in [0.05, 0.1) is 0 Å². The van der Waals surface area contributed by atoms with E-state index in [0.29, 0.717) is 12.4 Å². The number of carbonyl (C=O) groups excluding carboxylic acids is 1. The fourth-order valence-corrected chi connectivity index (χ4v) is 3.98. The standard InChI is InChI=1S/C26H30N4O2/c1-3-20-8-10-23(11-9-20)32-25-16-24(28-18-29-25)30-14-12-21(13-15-30)26(31)27-17-22-7-5-4-6-19(22)2/h4-11,16,18,21H,3,12-15,17H2,1-2H3,(H,27,31). The molecule has 0 bridgehead atoms. The molecule has 166 valence electrons. The first-order valence-corrected chi connectivity index (χ1v) is 11.3. The molecule has 0 atom stereocenters. The van der Waals surface area contributed by atoms with Crippen molar-refractivity contribution in [3.63, 3.8) is 0 Å². The van der Waals surface area contributed by atoms with Gasteiger partial charge in [-0.15, -0.1) is 0 Å². The Bertz CT molecular complexity index is 1040. The van der Waals surface area contributed by atoms with Gasteiger partial charge >= 0.3 is 0 Å². The first kappa shape index (κ1) is 21.8. The minimum atomic E-state index is 0.0323. The van der Waals surface area contributed by atoms with E-state index in [9.17, 15) is 4.79 Å². The number of nitrogens with one attached hydrogen (secondary N) is 1. The summed E-state index contributed by atoms with van der Waals surface area (Å²) in [5.74, 6) is 2.28. The molecule has 4 rings (SSSR count). The van der Waals surface area contributed by atoms with Gasteiger partial charge in [-0.05, 0) is 55.0 Å². The Morgan fingerprint density at radius 3 is 2.56 bits per heavy atom. The summed E-state index contributed by atoms with van der Waals surface area (Å²) in [5.41, 5.74) is 3.63. The molecule has 2 heterocycles. The lowest BCUT2D eigenvalue weighted by atomic mass is 9.95. The Labute approximate surface area is 189 Å². The quantitative estimate of drug-likeness (QED) is 0.590. The lowest BCUT2D eigenvalue weighted by molar-refractivity contribution is -0.125. The Morgan fingerprint density at radius 1 is 1.09 bits per heavy atom. The van der Waals surface area contributed by atoms with E-state index < -0.39 is 0 Å². The summed E-state index contributed by atoms with van der Waals surface area (Å²) < 4.78 is 5.91. The first-order valence-electron chi connectivity index (χ1n) is 11.3. The number of carbonyl (C=O) groups is 1. The van der Waals surface area contributed by atoms with E-state index in [1.54, 1.807) is 0 Å². The van der Waals surface area contributed by atoms with E-state index in [1.165, 1.54) is 17.5 Å². The van der Waals surface area contributed by atoms with E-state index in [1.807, 2.05) is 30.3 Å². The van der Waals surface area contributed by atoms with Crippen molar-refractivity contribution in [3.8, 4) is 11.6 Å². The van der Waals surface area contributed by atoms with Crippen molar-refractivity contribution >= 4 is 11.7 Å². The third-order valence-electron chi connectivity index (χ3n) is 6.09. The van der Waals surface area contributed by atoms with Gasteiger partial charge in [0.15, 0.2) is 0 Å². The van der Waals surface area contributed by atoms with Gasteiger partial charge in [-0.25, -0.2) is 9.97 Å². The molecule has 3 aromatic rings. The maximum Gasteiger partial charge on any atom is 0.224 e. The molecule has 1 N–H and O–H groups in total. The zero-order valence-electron chi connectivity index (χ0n) is 18.8. The van der Waals surface area contributed by atoms with E-state index in [-0.39, 0.29) is 11.8 Å². The molecular formula is C26H30N4O2. The summed E-state index contributed by atoms with van der Waals surface area (Å²) >= 11 is 0. The van der Waals surface area contributed by atoms with Crippen LogP contribution in [0.3, 0.4) is 0 Å². The number of benzene rings is 2. The number of aryl methyl sites for hydroxylation is 2. The highest BCUT2D eigenvalue weighted by Crippen LogP contribution is 2.26. The van der Waals surface area contributed by atoms with Crippen LogP contribution in [0.15, 0.2) is 60.9 Å². The van der Waals surface area contributed by atoms with Crippen molar-refractivity contribution in [1.29, 1.82) is 0 Å². The van der Waals surface area contributed by atoms with Gasteiger partial charge in [0.25, 0.3) is 0 Å². The minimum Gasteiger partial charge on any atom is -0.439 e. The lowest BCUT2D eigenvalue weighted by Gasteiger charge is -2.32. The summed E-state index contributed by atoms with van der Waals surface area (Å²) in [4.78, 5) is 23.5. The van der Waals surface area contributed by atoms with Crippen LogP contribution in [0.1, 0.15) is 36.5 Å². The Morgan fingerprint density at radius 2 is 1.84 bits per heavy atom. The smallest absolute Gasteiger partial charge is 0.224 e. The molecule has 6 nitrogen and oxygen atoms in total. The SMILES string of the molecule is CCc1ccc(Oc2cc(N3CCC(C(=O)NCc4ccccc4C)CC3)ncn2)cc1. The van der Waals surface area contributed by atoms with Gasteiger partial charge < -0.3 is 15.0 Å². The summed E-state index contributed by atoms with van der Waals surface area (Å²) in [5, 5.41) is 3.11. The van der Waals surface area contributed by atoms with E-state index >= 15 is 0 Å². The van der Waals surface area contributed by atoms with Crippen molar-refractivity contribution in [3.05, 3.63) is 77.6 Å². The van der Waals surface area contributed by atoms with Crippen molar-refractivity contribution in [2.45, 2.75) is 39.7 Å². The molecule has 2 aromatic carbocycles. The molecule has 1 aliphatic heterocycles. The van der Waals surface area contributed by atoms with Crippen molar-refractivity contribution in [2.75, 3.05) is 18.0 Å². The van der Waals surface area contributed by atoms with Gasteiger partial charge in [-0.3, -0.25) is 4.79 Å². The van der Waals surface area contributed by atoms with E-state index in [2.05, 4.69) is 58.3 Å². The number of ether oxygens (including phenoxy) is 1. The van der Waals surface area contributed by atoms with Crippen LogP contribution in [0.4, 0.5) is 5.82 Å². The van der Waals surface area contributed by atoms with E-state index in [0.717, 1.165) is 49.5 Å². The van der Waals surface area contributed by atoms with Crippen molar-refractivity contribution in [2.24, 2.45) is 5.92 Å². The molecule has 0 spiro atoms.